The van der Waals surface area contributed by atoms with E-state index in [2.05, 4.69) is 0 Å². The Hall–Kier alpha value is -2.10. The Balaban J connectivity index is 3.01. The molecule has 0 bridgehead atoms. The van der Waals surface area contributed by atoms with E-state index in [0.29, 0.717) is 0 Å². The van der Waals surface area contributed by atoms with E-state index >= 15 is 0 Å². The maximum Gasteiger partial charge on any atom is 0.331 e. The van der Waals surface area contributed by atoms with Gasteiger partial charge in [-0.05, 0) is 32.9 Å². The molecule has 0 radical (unpaired) electrons. The van der Waals surface area contributed by atoms with Crippen molar-refractivity contribution in [3.63, 3.8) is 0 Å². The minimum absolute atomic E-state index is 0.0685. The van der Waals surface area contributed by atoms with E-state index in [1.165, 1.54) is 18.7 Å². The minimum atomic E-state index is -1.07. The quantitative estimate of drug-likeness (QED) is 0.834. The fraction of sp³-hybridized carbons (Fsp3) is 0.286. The van der Waals surface area contributed by atoms with Crippen molar-refractivity contribution in [3.8, 4) is 0 Å². The average Bonchev–Trinajstić information content (AvgIpc) is 2.36. The van der Waals surface area contributed by atoms with Gasteiger partial charge in [0.05, 0.1) is 0 Å². The molecule has 96 valence electrons. The van der Waals surface area contributed by atoms with Crippen LogP contribution in [0.4, 0.5) is 5.69 Å². The summed E-state index contributed by atoms with van der Waals surface area (Å²) >= 11 is 0. The lowest BCUT2D eigenvalue weighted by Gasteiger charge is -2.18. The molecule has 1 aromatic carbocycles. The number of rotatable bonds is 3. The van der Waals surface area contributed by atoms with Crippen LogP contribution in [-0.2, 0) is 9.59 Å². The molecule has 1 amide bonds. The number of amides is 1. The Bertz CT molecular complexity index is 500. The Morgan fingerprint density at radius 3 is 2.00 bits per heavy atom. The lowest BCUT2D eigenvalue weighted by atomic mass is 10.1. The first kappa shape index (κ1) is 14.0. The number of aryl methyl sites for hydroxylation is 1. The molecule has 18 heavy (non-hydrogen) atoms. The van der Waals surface area contributed by atoms with E-state index < -0.39 is 5.97 Å². The smallest absolute Gasteiger partial charge is 0.331 e. The van der Waals surface area contributed by atoms with Crippen molar-refractivity contribution in [2.75, 3.05) is 11.9 Å². The van der Waals surface area contributed by atoms with Crippen LogP contribution in [0.5, 0.6) is 0 Å². The summed E-state index contributed by atoms with van der Waals surface area (Å²) in [6.07, 6.45) is 0. The summed E-state index contributed by atoms with van der Waals surface area (Å²) in [5.41, 5.74) is 2.15. The molecule has 4 nitrogen and oxygen atoms in total. The molecule has 0 aromatic heterocycles. The van der Waals surface area contributed by atoms with E-state index in [-0.39, 0.29) is 17.1 Å². The fourth-order valence-electron chi connectivity index (χ4n) is 1.46. The highest BCUT2D eigenvalue weighted by Crippen LogP contribution is 2.17. The van der Waals surface area contributed by atoms with Crippen molar-refractivity contribution in [2.45, 2.75) is 20.8 Å². The van der Waals surface area contributed by atoms with E-state index in [4.69, 9.17) is 5.11 Å². The monoisotopic (exact) mass is 247 g/mol. The van der Waals surface area contributed by atoms with Crippen LogP contribution in [0.2, 0.25) is 0 Å². The second-order valence-corrected chi connectivity index (χ2v) is 4.25. The molecule has 0 aliphatic carbocycles. The van der Waals surface area contributed by atoms with Crippen LogP contribution in [0.25, 0.3) is 0 Å². The van der Waals surface area contributed by atoms with Gasteiger partial charge in [-0.2, -0.15) is 0 Å². The third-order valence-corrected chi connectivity index (χ3v) is 2.93. The zero-order chi connectivity index (χ0) is 13.9. The average molecular weight is 247 g/mol. The molecule has 1 rings (SSSR count). The lowest BCUT2D eigenvalue weighted by molar-refractivity contribution is -0.133. The zero-order valence-electron chi connectivity index (χ0n) is 11.0. The Morgan fingerprint density at radius 1 is 1.06 bits per heavy atom. The summed E-state index contributed by atoms with van der Waals surface area (Å²) < 4.78 is 0. The van der Waals surface area contributed by atoms with Crippen molar-refractivity contribution in [2.24, 2.45) is 0 Å². The summed E-state index contributed by atoms with van der Waals surface area (Å²) in [6, 6.07) is 7.47. The van der Waals surface area contributed by atoms with Gasteiger partial charge in [-0.1, -0.05) is 17.7 Å². The Labute approximate surface area is 107 Å². The van der Waals surface area contributed by atoms with Gasteiger partial charge in [0, 0.05) is 23.9 Å². The number of nitrogens with zero attached hydrogens (tertiary/aromatic N) is 1. The highest BCUT2D eigenvalue weighted by molar-refractivity contribution is 6.09. The van der Waals surface area contributed by atoms with E-state index in [1.807, 2.05) is 31.2 Å². The number of benzene rings is 1. The van der Waals surface area contributed by atoms with Crippen LogP contribution in [0.3, 0.4) is 0 Å². The molecule has 0 unspecified atom stereocenters. The highest BCUT2D eigenvalue weighted by Gasteiger charge is 2.17. The summed E-state index contributed by atoms with van der Waals surface area (Å²) in [6.45, 7) is 4.92. The number of hydrogen-bond donors (Lipinski definition) is 1. The molecular weight excluding hydrogens is 230 g/mol. The van der Waals surface area contributed by atoms with Crippen molar-refractivity contribution in [3.05, 3.63) is 41.0 Å². The van der Waals surface area contributed by atoms with Crippen LogP contribution < -0.4 is 4.90 Å². The highest BCUT2D eigenvalue weighted by atomic mass is 16.4. The Morgan fingerprint density at radius 2 is 1.56 bits per heavy atom. The van der Waals surface area contributed by atoms with E-state index in [1.54, 1.807) is 7.05 Å². The van der Waals surface area contributed by atoms with Gasteiger partial charge < -0.3 is 10.0 Å². The SMILES string of the molecule is CC(C(=O)O)=C(C)C(=O)N(C)c1ccc(C)cc1. The third-order valence-electron chi connectivity index (χ3n) is 2.93. The number of carbonyl (C=O) groups excluding carboxylic acids is 1. The van der Waals surface area contributed by atoms with Gasteiger partial charge in [-0.25, -0.2) is 4.79 Å². The summed E-state index contributed by atoms with van der Waals surface area (Å²) in [7, 11) is 1.63. The van der Waals surface area contributed by atoms with E-state index in [0.717, 1.165) is 11.3 Å². The molecule has 0 atom stereocenters. The second-order valence-electron chi connectivity index (χ2n) is 4.25. The predicted molar refractivity (Wildman–Crippen MR) is 70.6 cm³/mol. The molecule has 0 heterocycles. The molecule has 0 saturated carbocycles. The van der Waals surface area contributed by atoms with Crippen molar-refractivity contribution in [1.82, 2.24) is 0 Å². The van der Waals surface area contributed by atoms with Gasteiger partial charge >= 0.3 is 5.97 Å². The summed E-state index contributed by atoms with van der Waals surface area (Å²) in [5, 5.41) is 8.86. The van der Waals surface area contributed by atoms with Crippen LogP contribution in [0.1, 0.15) is 19.4 Å². The largest absolute Gasteiger partial charge is 0.478 e. The van der Waals surface area contributed by atoms with Crippen LogP contribution in [-0.4, -0.2) is 24.0 Å². The predicted octanol–water partition coefficient (Wildman–Crippen LogP) is 2.38. The number of anilines is 1. The number of carboxylic acid groups (broad SMARTS) is 1. The lowest BCUT2D eigenvalue weighted by Crippen LogP contribution is -2.28. The molecule has 0 saturated heterocycles. The van der Waals surface area contributed by atoms with Crippen molar-refractivity contribution < 1.29 is 14.7 Å². The van der Waals surface area contributed by atoms with Crippen molar-refractivity contribution in [1.29, 1.82) is 0 Å². The van der Waals surface area contributed by atoms with Crippen LogP contribution >= 0.6 is 0 Å². The number of hydrogen-bond acceptors (Lipinski definition) is 2. The number of likely N-dealkylation sites (N-methyl/N-ethyl adjacent to an activating group) is 1. The number of carboxylic acids is 1. The first-order chi connectivity index (χ1) is 8.34. The summed E-state index contributed by atoms with van der Waals surface area (Å²) in [5.74, 6) is -1.38. The number of carbonyl (C=O) groups is 2. The molecule has 0 aliphatic heterocycles. The molecule has 0 aliphatic rings. The van der Waals surface area contributed by atoms with Gasteiger partial charge in [0.2, 0.25) is 0 Å². The van der Waals surface area contributed by atoms with E-state index in [9.17, 15) is 9.59 Å². The molecular formula is C14H17NO3. The standard InChI is InChI=1S/C14H17NO3/c1-9-5-7-12(8-6-9)15(4)13(16)10(2)11(3)14(17)18/h5-8H,1-4H3,(H,17,18). The molecule has 0 fully saturated rings. The molecule has 1 aromatic rings. The maximum absolute atomic E-state index is 12.1. The second kappa shape index (κ2) is 5.49. The van der Waals surface area contributed by atoms with Gasteiger partial charge in [0.25, 0.3) is 5.91 Å². The zero-order valence-corrected chi connectivity index (χ0v) is 11.0. The van der Waals surface area contributed by atoms with Gasteiger partial charge in [0.15, 0.2) is 0 Å². The maximum atomic E-state index is 12.1. The van der Waals surface area contributed by atoms with Crippen LogP contribution in [0, 0.1) is 6.92 Å². The third kappa shape index (κ3) is 2.97. The normalized spacial score (nSPS) is 11.8. The molecule has 0 spiro atoms. The number of aliphatic carboxylic acids is 1. The minimum Gasteiger partial charge on any atom is -0.478 e. The molecule has 1 N–H and O–H groups in total. The topological polar surface area (TPSA) is 57.6 Å². The molecule has 4 heteroatoms. The fourth-order valence-corrected chi connectivity index (χ4v) is 1.46. The van der Waals surface area contributed by atoms with Gasteiger partial charge in [0.1, 0.15) is 0 Å². The van der Waals surface area contributed by atoms with Gasteiger partial charge in [-0.15, -0.1) is 0 Å². The first-order valence-corrected chi connectivity index (χ1v) is 5.60. The van der Waals surface area contributed by atoms with Crippen molar-refractivity contribution >= 4 is 17.6 Å². The van der Waals surface area contributed by atoms with Crippen LogP contribution in [0.15, 0.2) is 35.4 Å². The van der Waals surface area contributed by atoms with Gasteiger partial charge in [-0.3, -0.25) is 4.79 Å². The Kier molecular flexibility index (Phi) is 4.26. The summed E-state index contributed by atoms with van der Waals surface area (Å²) in [4.78, 5) is 24.3. The first-order valence-electron chi connectivity index (χ1n) is 5.60.